The predicted molar refractivity (Wildman–Crippen MR) is 266 cm³/mol. The monoisotopic (exact) mass is 856 g/mol. The molecule has 0 radical (unpaired) electrons. The standard InChI is InChI=1S/C52H54N6O2P2/c1-53(61(59)55(3)45-31-27-37-19-9-13-23-41(37)49(45)50-42-24-14-10-20-38(42)28-32-46(50)56(61)4)35-17-7-8-18-36-54(2)62(60)57(5)47-33-29-39-21-11-15-25-43(39)51(47)52-44-26-16-12-22-40(44)30-34-48(52)58(62)6/h9-16,19-34H,7-8,17-18,35-36H2,1-6H3. The van der Waals surface area contributed by atoms with E-state index in [2.05, 4.69) is 155 Å². The van der Waals surface area contributed by atoms with Gasteiger partial charge in [-0.1, -0.05) is 134 Å². The van der Waals surface area contributed by atoms with Gasteiger partial charge in [-0.05, 0) is 94.3 Å². The van der Waals surface area contributed by atoms with Gasteiger partial charge in [0.05, 0.1) is 22.7 Å². The van der Waals surface area contributed by atoms with Crippen molar-refractivity contribution < 1.29 is 9.13 Å². The second kappa shape index (κ2) is 15.6. The van der Waals surface area contributed by atoms with Crippen molar-refractivity contribution in [3.8, 4) is 22.3 Å². The van der Waals surface area contributed by atoms with Crippen LogP contribution in [0.1, 0.15) is 25.7 Å². The lowest BCUT2D eigenvalue weighted by atomic mass is 9.91. The lowest BCUT2D eigenvalue weighted by molar-refractivity contribution is 0.427. The topological polar surface area (TPSA) is 53.6 Å². The third-order valence-corrected chi connectivity index (χ3v) is 19.9. The van der Waals surface area contributed by atoms with E-state index in [4.69, 9.17) is 0 Å². The van der Waals surface area contributed by atoms with Crippen molar-refractivity contribution in [3.05, 3.63) is 146 Å². The van der Waals surface area contributed by atoms with Crippen LogP contribution in [0.2, 0.25) is 0 Å². The van der Waals surface area contributed by atoms with Crippen molar-refractivity contribution in [1.29, 1.82) is 0 Å². The maximum Gasteiger partial charge on any atom is 0.334 e. The third kappa shape index (κ3) is 6.10. The number of benzene rings is 8. The molecule has 0 fully saturated rings. The second-order valence-electron chi connectivity index (χ2n) is 17.0. The van der Waals surface area contributed by atoms with Crippen LogP contribution in [0.25, 0.3) is 65.3 Å². The first kappa shape index (κ1) is 40.5. The van der Waals surface area contributed by atoms with E-state index in [1.54, 1.807) is 0 Å². The Morgan fingerprint density at radius 3 is 0.855 bits per heavy atom. The molecule has 0 saturated carbocycles. The molecule has 10 heteroatoms. The molecular formula is C52H54N6O2P2. The molecule has 2 aliphatic rings. The summed E-state index contributed by atoms with van der Waals surface area (Å²) in [5.74, 6) is 0. The van der Waals surface area contributed by atoms with Crippen LogP contribution in [-0.2, 0) is 9.13 Å². The van der Waals surface area contributed by atoms with Crippen molar-refractivity contribution >= 4 is 81.0 Å². The van der Waals surface area contributed by atoms with Gasteiger partial charge in [0.2, 0.25) is 0 Å². The molecule has 0 amide bonds. The molecule has 8 aromatic rings. The Kier molecular flexibility index (Phi) is 10.2. The molecule has 2 heterocycles. The van der Waals surface area contributed by atoms with Crippen LogP contribution < -0.4 is 18.7 Å². The molecular weight excluding hydrogens is 803 g/mol. The van der Waals surface area contributed by atoms with E-state index in [0.29, 0.717) is 13.1 Å². The SMILES string of the molecule is CN(CCCCCCN(C)P1(=O)N(C)c2ccc3ccccc3c2-c2c(ccc3ccccc23)N1C)P1(=O)N(C)c2ccc3ccccc3c2-c2c(ccc3ccccc23)N1C. The van der Waals surface area contributed by atoms with Gasteiger partial charge in [0, 0.05) is 63.5 Å². The van der Waals surface area contributed by atoms with Gasteiger partial charge in [-0.15, -0.1) is 0 Å². The second-order valence-corrected chi connectivity index (χ2v) is 22.8. The summed E-state index contributed by atoms with van der Waals surface area (Å²) in [6.07, 6.45) is 3.71. The zero-order valence-corrected chi connectivity index (χ0v) is 38.3. The Balaban J connectivity index is 0.883. The summed E-state index contributed by atoms with van der Waals surface area (Å²) in [4.78, 5) is 0. The van der Waals surface area contributed by atoms with Crippen LogP contribution in [-0.4, -0.2) is 64.7 Å². The lowest BCUT2D eigenvalue weighted by Crippen LogP contribution is -2.36. The summed E-state index contributed by atoms with van der Waals surface area (Å²) < 4.78 is 43.9. The minimum atomic E-state index is -3.31. The van der Waals surface area contributed by atoms with Crippen molar-refractivity contribution in [2.24, 2.45) is 0 Å². The normalized spacial score (nSPS) is 15.5. The highest BCUT2D eigenvalue weighted by Gasteiger charge is 2.44. The van der Waals surface area contributed by atoms with Gasteiger partial charge in [-0.3, -0.25) is 27.8 Å². The Morgan fingerprint density at radius 2 is 0.597 bits per heavy atom. The van der Waals surface area contributed by atoms with E-state index in [-0.39, 0.29) is 0 Å². The molecule has 0 aliphatic carbocycles. The number of fused-ring (bicyclic) bond motifs is 14. The Hall–Kier alpha value is -5.62. The number of rotatable bonds is 9. The van der Waals surface area contributed by atoms with Crippen molar-refractivity contribution in [2.45, 2.75) is 25.7 Å². The van der Waals surface area contributed by atoms with Gasteiger partial charge in [-0.2, -0.15) is 0 Å². The summed E-state index contributed by atoms with van der Waals surface area (Å²) in [7, 11) is 5.40. The average molecular weight is 857 g/mol. The maximum absolute atomic E-state index is 15.8. The van der Waals surface area contributed by atoms with E-state index in [1.165, 1.54) is 0 Å². The first-order chi connectivity index (χ1) is 30.0. The molecule has 0 spiro atoms. The number of hydrogen-bond donors (Lipinski definition) is 0. The van der Waals surface area contributed by atoms with Gasteiger partial charge in [0.1, 0.15) is 0 Å². The summed E-state index contributed by atoms with van der Waals surface area (Å²) in [6, 6.07) is 51.3. The van der Waals surface area contributed by atoms with Crippen LogP contribution in [0.5, 0.6) is 0 Å². The van der Waals surface area contributed by atoms with Crippen LogP contribution in [0.15, 0.2) is 146 Å². The molecule has 0 atom stereocenters. The molecule has 0 aromatic heterocycles. The summed E-state index contributed by atoms with van der Waals surface area (Å²) in [5, 5.41) is 9.27. The lowest BCUT2D eigenvalue weighted by Gasteiger charge is -2.41. The highest BCUT2D eigenvalue weighted by Crippen LogP contribution is 2.65. The van der Waals surface area contributed by atoms with Gasteiger partial charge in [0.25, 0.3) is 0 Å². The molecule has 0 N–H and O–H groups in total. The first-order valence-corrected chi connectivity index (χ1v) is 24.9. The fourth-order valence-electron chi connectivity index (χ4n) is 10.3. The highest BCUT2D eigenvalue weighted by atomic mass is 31.2. The molecule has 0 saturated heterocycles. The van der Waals surface area contributed by atoms with Crippen LogP contribution in [0, 0.1) is 0 Å². The molecule has 0 bridgehead atoms. The van der Waals surface area contributed by atoms with Gasteiger partial charge < -0.3 is 0 Å². The summed E-state index contributed by atoms with van der Waals surface area (Å²) in [5.41, 5.74) is 8.37. The maximum atomic E-state index is 15.8. The van der Waals surface area contributed by atoms with Crippen LogP contribution >= 0.6 is 15.2 Å². The van der Waals surface area contributed by atoms with Gasteiger partial charge in [0.15, 0.2) is 0 Å². The summed E-state index contributed by atoms with van der Waals surface area (Å²) in [6.45, 7) is 1.35. The highest BCUT2D eigenvalue weighted by molar-refractivity contribution is 7.65. The number of unbranched alkanes of at least 4 members (excludes halogenated alkanes) is 3. The van der Waals surface area contributed by atoms with Crippen molar-refractivity contribution in [2.75, 3.05) is 74.1 Å². The van der Waals surface area contributed by atoms with E-state index in [0.717, 1.165) is 114 Å². The zero-order valence-electron chi connectivity index (χ0n) is 36.5. The first-order valence-electron chi connectivity index (χ1n) is 21.7. The predicted octanol–water partition coefficient (Wildman–Crippen LogP) is 13.7. The molecule has 62 heavy (non-hydrogen) atoms. The van der Waals surface area contributed by atoms with Crippen molar-refractivity contribution in [1.82, 2.24) is 9.34 Å². The molecule has 0 unspecified atom stereocenters. The smallest absolute Gasteiger partial charge is 0.297 e. The number of hydrogen-bond acceptors (Lipinski definition) is 2. The molecule has 314 valence electrons. The fraction of sp³-hybridized carbons (Fsp3) is 0.231. The quantitative estimate of drug-likeness (QED) is 0.105. The third-order valence-electron chi connectivity index (χ3n) is 13.7. The van der Waals surface area contributed by atoms with Crippen LogP contribution in [0.4, 0.5) is 22.7 Å². The fourth-order valence-corrected chi connectivity index (χ4v) is 15.6. The number of nitrogens with zero attached hydrogens (tertiary/aromatic N) is 6. The number of anilines is 4. The van der Waals surface area contributed by atoms with E-state index in [9.17, 15) is 0 Å². The molecule has 8 aromatic carbocycles. The largest absolute Gasteiger partial charge is 0.334 e. The Morgan fingerprint density at radius 1 is 0.355 bits per heavy atom. The molecule has 2 aliphatic heterocycles. The molecule has 10 rings (SSSR count). The Bertz CT molecular complexity index is 2750. The zero-order chi connectivity index (χ0) is 42.9. The Labute approximate surface area is 365 Å². The minimum absolute atomic E-state index is 0.674. The van der Waals surface area contributed by atoms with E-state index < -0.39 is 15.2 Å². The van der Waals surface area contributed by atoms with E-state index in [1.807, 2.05) is 61.0 Å². The van der Waals surface area contributed by atoms with Crippen molar-refractivity contribution in [3.63, 3.8) is 0 Å². The van der Waals surface area contributed by atoms with E-state index >= 15 is 9.13 Å². The summed E-state index contributed by atoms with van der Waals surface area (Å²) >= 11 is 0. The average Bonchev–Trinajstić information content (AvgIpc) is 3.43. The van der Waals surface area contributed by atoms with Gasteiger partial charge >= 0.3 is 15.2 Å². The molecule has 8 nitrogen and oxygen atoms in total. The van der Waals surface area contributed by atoms with Crippen LogP contribution in [0.3, 0.4) is 0 Å². The minimum Gasteiger partial charge on any atom is -0.297 e. The van der Waals surface area contributed by atoms with Gasteiger partial charge in [-0.25, -0.2) is 9.34 Å².